The van der Waals surface area contributed by atoms with Gasteiger partial charge in [0.15, 0.2) is 5.65 Å². The van der Waals surface area contributed by atoms with Gasteiger partial charge in [-0.2, -0.15) is 5.10 Å². The lowest BCUT2D eigenvalue weighted by Gasteiger charge is -2.06. The number of fused-ring (bicyclic) bond motifs is 1. The molecular formula is C14H19N3O3. The van der Waals surface area contributed by atoms with Crippen molar-refractivity contribution in [3.63, 3.8) is 0 Å². The van der Waals surface area contributed by atoms with E-state index < -0.39 is 5.97 Å². The van der Waals surface area contributed by atoms with Gasteiger partial charge in [0.25, 0.3) is 5.56 Å². The number of carbonyl (C=O) groups is 1. The lowest BCUT2D eigenvalue weighted by Crippen LogP contribution is -2.22. The number of nitrogens with zero attached hydrogens (tertiary/aromatic N) is 3. The Bertz CT molecular complexity index is 725. The maximum atomic E-state index is 12.1. The molecule has 0 atom stereocenters. The third-order valence-electron chi connectivity index (χ3n) is 3.43. The van der Waals surface area contributed by atoms with Gasteiger partial charge in [-0.1, -0.05) is 0 Å². The number of aromatic nitrogens is 3. The summed E-state index contributed by atoms with van der Waals surface area (Å²) in [4.78, 5) is 22.8. The second-order valence-corrected chi connectivity index (χ2v) is 5.28. The fourth-order valence-corrected chi connectivity index (χ4v) is 2.52. The number of aryl methyl sites for hydroxylation is 3. The molecule has 2 aromatic rings. The summed E-state index contributed by atoms with van der Waals surface area (Å²) in [6.45, 7) is 8.03. The average Bonchev–Trinajstić information content (AvgIpc) is 2.66. The predicted molar refractivity (Wildman–Crippen MR) is 76.1 cm³/mol. The molecule has 2 heterocycles. The summed E-state index contributed by atoms with van der Waals surface area (Å²) in [5.74, 6) is -0.925. The number of pyridine rings is 1. The third kappa shape index (κ3) is 2.33. The molecule has 0 radical (unpaired) electrons. The van der Waals surface area contributed by atoms with E-state index in [2.05, 4.69) is 5.10 Å². The summed E-state index contributed by atoms with van der Waals surface area (Å²) in [7, 11) is 0. The van der Waals surface area contributed by atoms with Crippen LogP contribution in [0.2, 0.25) is 0 Å². The largest absolute Gasteiger partial charge is 0.481 e. The van der Waals surface area contributed by atoms with Crippen LogP contribution >= 0.6 is 0 Å². The van der Waals surface area contributed by atoms with Gasteiger partial charge in [-0.05, 0) is 33.3 Å². The smallest absolute Gasteiger partial charge is 0.305 e. The normalized spacial score (nSPS) is 11.4. The van der Waals surface area contributed by atoms with E-state index in [0.717, 1.165) is 16.6 Å². The Morgan fingerprint density at radius 1 is 1.40 bits per heavy atom. The van der Waals surface area contributed by atoms with Crippen molar-refractivity contribution in [2.75, 3.05) is 0 Å². The van der Waals surface area contributed by atoms with Crippen LogP contribution in [-0.2, 0) is 11.3 Å². The van der Waals surface area contributed by atoms with Gasteiger partial charge in [0.1, 0.15) is 0 Å². The molecule has 0 amide bonds. The first kappa shape index (κ1) is 14.3. The second-order valence-electron chi connectivity index (χ2n) is 5.28. The van der Waals surface area contributed by atoms with E-state index >= 15 is 0 Å². The molecule has 0 aliphatic rings. The minimum Gasteiger partial charge on any atom is -0.481 e. The fraction of sp³-hybridized carbons (Fsp3) is 0.500. The maximum absolute atomic E-state index is 12.1. The van der Waals surface area contributed by atoms with Crippen LogP contribution in [0.1, 0.15) is 37.6 Å². The van der Waals surface area contributed by atoms with Crippen molar-refractivity contribution in [2.24, 2.45) is 0 Å². The van der Waals surface area contributed by atoms with Crippen LogP contribution in [0.15, 0.2) is 10.9 Å². The molecule has 0 aromatic carbocycles. The minimum absolute atomic E-state index is 0.0916. The number of rotatable bonds is 4. The van der Waals surface area contributed by atoms with Crippen LogP contribution < -0.4 is 5.56 Å². The molecule has 20 heavy (non-hydrogen) atoms. The highest BCUT2D eigenvalue weighted by Gasteiger charge is 2.16. The highest BCUT2D eigenvalue weighted by atomic mass is 16.4. The maximum Gasteiger partial charge on any atom is 0.305 e. The number of carboxylic acid groups (broad SMARTS) is 1. The molecule has 0 saturated carbocycles. The van der Waals surface area contributed by atoms with Crippen molar-refractivity contribution in [2.45, 2.75) is 46.7 Å². The van der Waals surface area contributed by atoms with Gasteiger partial charge in [0.05, 0.1) is 6.42 Å². The third-order valence-corrected chi connectivity index (χ3v) is 3.43. The van der Waals surface area contributed by atoms with Crippen molar-refractivity contribution < 1.29 is 9.90 Å². The molecule has 6 nitrogen and oxygen atoms in total. The molecule has 108 valence electrons. The number of aliphatic carboxylic acids is 1. The van der Waals surface area contributed by atoms with Gasteiger partial charge in [-0.25, -0.2) is 0 Å². The van der Waals surface area contributed by atoms with Gasteiger partial charge in [0, 0.05) is 29.7 Å². The van der Waals surface area contributed by atoms with Crippen molar-refractivity contribution in [1.82, 2.24) is 14.3 Å². The molecule has 0 aliphatic heterocycles. The first-order valence-corrected chi connectivity index (χ1v) is 6.64. The van der Waals surface area contributed by atoms with Gasteiger partial charge < -0.3 is 5.11 Å². The molecule has 2 rings (SSSR count). The van der Waals surface area contributed by atoms with E-state index in [1.807, 2.05) is 32.4 Å². The van der Waals surface area contributed by atoms with E-state index in [1.165, 1.54) is 4.57 Å². The summed E-state index contributed by atoms with van der Waals surface area (Å²) in [5.41, 5.74) is 2.24. The van der Waals surface area contributed by atoms with Crippen LogP contribution in [0.25, 0.3) is 11.0 Å². The Morgan fingerprint density at radius 3 is 2.60 bits per heavy atom. The summed E-state index contributed by atoms with van der Waals surface area (Å²) in [6.07, 6.45) is -0.0916. The molecule has 0 aliphatic carbocycles. The zero-order chi connectivity index (χ0) is 15.0. The molecule has 0 saturated heterocycles. The fourth-order valence-electron chi connectivity index (χ4n) is 2.52. The first-order valence-electron chi connectivity index (χ1n) is 6.64. The Balaban J connectivity index is 2.71. The molecular weight excluding hydrogens is 258 g/mol. The molecule has 6 heteroatoms. The van der Waals surface area contributed by atoms with Crippen LogP contribution in [0.4, 0.5) is 0 Å². The van der Waals surface area contributed by atoms with E-state index in [9.17, 15) is 9.59 Å². The van der Waals surface area contributed by atoms with Crippen molar-refractivity contribution >= 4 is 17.0 Å². The molecule has 0 bridgehead atoms. The first-order chi connectivity index (χ1) is 9.32. The zero-order valence-electron chi connectivity index (χ0n) is 12.2. The molecule has 0 fully saturated rings. The number of carboxylic acids is 1. The van der Waals surface area contributed by atoms with Crippen LogP contribution in [0, 0.1) is 13.8 Å². The lowest BCUT2D eigenvalue weighted by molar-refractivity contribution is -0.137. The van der Waals surface area contributed by atoms with Gasteiger partial charge >= 0.3 is 5.97 Å². The summed E-state index contributed by atoms with van der Waals surface area (Å²) in [5, 5.41) is 14.2. The van der Waals surface area contributed by atoms with Crippen LogP contribution in [-0.4, -0.2) is 25.4 Å². The Kier molecular flexibility index (Phi) is 3.65. The Hall–Kier alpha value is -2.11. The molecule has 0 spiro atoms. The second kappa shape index (κ2) is 5.11. The standard InChI is InChI=1S/C14H19N3O3/c1-8(2)17-10(4)13-9(3)7-11(18)16(14(13)15-17)6-5-12(19)20/h7-8H,5-6H2,1-4H3,(H,19,20). The quantitative estimate of drug-likeness (QED) is 0.925. The molecule has 0 unspecified atom stereocenters. The lowest BCUT2D eigenvalue weighted by atomic mass is 10.1. The van der Waals surface area contributed by atoms with Gasteiger partial charge in [0.2, 0.25) is 0 Å². The topological polar surface area (TPSA) is 77.1 Å². The minimum atomic E-state index is -0.925. The van der Waals surface area contributed by atoms with Crippen molar-refractivity contribution in [1.29, 1.82) is 0 Å². The SMILES string of the molecule is Cc1cc(=O)n(CCC(=O)O)c2nn(C(C)C)c(C)c12. The van der Waals surface area contributed by atoms with Gasteiger partial charge in [-0.15, -0.1) is 0 Å². The number of hydrogen-bond acceptors (Lipinski definition) is 3. The Labute approximate surface area is 116 Å². The van der Waals surface area contributed by atoms with E-state index in [-0.39, 0.29) is 24.6 Å². The van der Waals surface area contributed by atoms with Crippen molar-refractivity contribution in [3.8, 4) is 0 Å². The summed E-state index contributed by atoms with van der Waals surface area (Å²) >= 11 is 0. The predicted octanol–water partition coefficient (Wildman–Crippen LogP) is 1.87. The Morgan fingerprint density at radius 2 is 2.05 bits per heavy atom. The molecule has 1 N–H and O–H groups in total. The monoisotopic (exact) mass is 277 g/mol. The number of hydrogen-bond donors (Lipinski definition) is 1. The van der Waals surface area contributed by atoms with E-state index in [1.54, 1.807) is 6.07 Å². The van der Waals surface area contributed by atoms with Gasteiger partial charge in [-0.3, -0.25) is 18.8 Å². The van der Waals surface area contributed by atoms with E-state index in [4.69, 9.17) is 5.11 Å². The summed E-state index contributed by atoms with van der Waals surface area (Å²) < 4.78 is 3.32. The summed E-state index contributed by atoms with van der Waals surface area (Å²) in [6, 6.07) is 1.73. The molecule has 2 aromatic heterocycles. The zero-order valence-corrected chi connectivity index (χ0v) is 12.2. The highest BCUT2D eigenvalue weighted by Crippen LogP contribution is 2.22. The van der Waals surface area contributed by atoms with Crippen molar-refractivity contribution in [3.05, 3.63) is 27.7 Å². The van der Waals surface area contributed by atoms with Crippen LogP contribution in [0.5, 0.6) is 0 Å². The van der Waals surface area contributed by atoms with Crippen LogP contribution in [0.3, 0.4) is 0 Å². The van der Waals surface area contributed by atoms with E-state index in [0.29, 0.717) is 5.65 Å². The highest BCUT2D eigenvalue weighted by molar-refractivity contribution is 5.82. The average molecular weight is 277 g/mol.